The highest BCUT2D eigenvalue weighted by Crippen LogP contribution is 2.48. The normalized spacial score (nSPS) is 21.7. The first-order valence-corrected chi connectivity index (χ1v) is 20.2. The molecule has 3 aliphatic heterocycles. The standard InChI is InChI=1S/C44H53F3N6O7/c1-27-38(30-20-32(57-6)22-48-21-30)59-41(50-27)42(2,3)52-17-16-51(34(24-52)39(55)49-26-44(45,46)47)23-31(54)19-29(18-28-12-8-7-9-13-28)40(56)53-37-33-14-10-11-15-35(33)58-25-36(37)60-43(53,4)5/h7-15,20-22,29,31,34,36-37,54H,16-19,23-26H2,1-6H3,(H,49,55)/t29-,31+,34+,36-,37+/m1/s1. The van der Waals surface area contributed by atoms with Gasteiger partial charge in [0.2, 0.25) is 17.7 Å². The zero-order valence-corrected chi connectivity index (χ0v) is 34.7. The van der Waals surface area contributed by atoms with E-state index in [1.54, 1.807) is 35.2 Å². The molecule has 0 unspecified atom stereocenters. The fourth-order valence-corrected chi connectivity index (χ4v) is 8.75. The van der Waals surface area contributed by atoms with Gasteiger partial charge in [-0.1, -0.05) is 48.5 Å². The molecule has 7 rings (SSSR count). The van der Waals surface area contributed by atoms with Crippen LogP contribution in [0.5, 0.6) is 11.5 Å². The molecule has 13 nitrogen and oxygen atoms in total. The van der Waals surface area contributed by atoms with Crippen molar-refractivity contribution in [1.82, 2.24) is 30.0 Å². The fourth-order valence-electron chi connectivity index (χ4n) is 8.75. The van der Waals surface area contributed by atoms with Gasteiger partial charge in [0.05, 0.1) is 36.7 Å². The van der Waals surface area contributed by atoms with Crippen LogP contribution in [0.2, 0.25) is 0 Å². The molecule has 0 saturated carbocycles. The highest BCUT2D eigenvalue weighted by Gasteiger charge is 2.54. The molecule has 322 valence electrons. The van der Waals surface area contributed by atoms with Crippen LogP contribution in [0.4, 0.5) is 13.2 Å². The maximum atomic E-state index is 14.9. The number of aryl methyl sites for hydroxylation is 1. The number of hydrogen-bond donors (Lipinski definition) is 2. The van der Waals surface area contributed by atoms with Gasteiger partial charge in [-0.25, -0.2) is 4.98 Å². The number of piperazine rings is 1. The van der Waals surface area contributed by atoms with Crippen molar-refractivity contribution >= 4 is 11.8 Å². The molecule has 2 fully saturated rings. The topological polar surface area (TPSA) is 143 Å². The van der Waals surface area contributed by atoms with Crippen molar-refractivity contribution in [3.63, 3.8) is 0 Å². The van der Waals surface area contributed by atoms with E-state index in [0.717, 1.165) is 11.1 Å². The lowest BCUT2D eigenvalue weighted by molar-refractivity contribution is -0.153. The SMILES string of the molecule is COc1cncc(-c2oc(C(C)(C)N3CCN(C[C@@H](O)C[C@@H](Cc4ccccc4)C(=O)N4[C@H]5c6ccccc6OC[C@H]5OC4(C)C)[C@H](C(=O)NCC(F)(F)F)C3)nc2C)c1. The van der Waals surface area contributed by atoms with Crippen molar-refractivity contribution in [2.75, 3.05) is 46.4 Å². The number of aromatic nitrogens is 2. The Morgan fingerprint density at radius 1 is 1.07 bits per heavy atom. The first kappa shape index (κ1) is 43.1. The third kappa shape index (κ3) is 9.16. The lowest BCUT2D eigenvalue weighted by Gasteiger charge is -2.46. The van der Waals surface area contributed by atoms with Crippen LogP contribution in [0.1, 0.15) is 62.9 Å². The number of carbonyl (C=O) groups excluding carboxylic acids is 2. The average Bonchev–Trinajstić information content (AvgIpc) is 3.75. The monoisotopic (exact) mass is 834 g/mol. The summed E-state index contributed by atoms with van der Waals surface area (Å²) in [5, 5.41) is 13.9. The summed E-state index contributed by atoms with van der Waals surface area (Å²) in [6.07, 6.45) is -2.60. The minimum absolute atomic E-state index is 0.0110. The van der Waals surface area contributed by atoms with Crippen LogP contribution in [-0.4, -0.2) is 118 Å². The molecule has 0 spiro atoms. The number of nitrogens with zero attached hydrogens (tertiary/aromatic N) is 5. The number of β-amino-alcohol motifs (C(OH)–C–C–N with tert-alkyl or cyclic N) is 1. The van der Waals surface area contributed by atoms with Crippen molar-refractivity contribution in [3.8, 4) is 22.8 Å². The number of rotatable bonds is 13. The molecule has 2 aromatic carbocycles. The quantitative estimate of drug-likeness (QED) is 0.172. The number of benzene rings is 2. The molecule has 2 aromatic heterocycles. The van der Waals surface area contributed by atoms with E-state index in [2.05, 4.69) is 10.3 Å². The number of pyridine rings is 1. The van der Waals surface area contributed by atoms with Crippen molar-refractivity contribution < 1.29 is 46.5 Å². The Kier molecular flexibility index (Phi) is 12.3. The smallest absolute Gasteiger partial charge is 0.405 e. The van der Waals surface area contributed by atoms with Crippen LogP contribution in [0.3, 0.4) is 0 Å². The molecule has 16 heteroatoms. The van der Waals surface area contributed by atoms with Crippen LogP contribution >= 0.6 is 0 Å². The molecule has 5 heterocycles. The van der Waals surface area contributed by atoms with Gasteiger partial charge in [-0.3, -0.25) is 24.4 Å². The van der Waals surface area contributed by atoms with Crippen LogP contribution in [0.15, 0.2) is 77.5 Å². The Morgan fingerprint density at radius 2 is 1.80 bits per heavy atom. The molecule has 0 bridgehead atoms. The maximum absolute atomic E-state index is 14.9. The first-order valence-electron chi connectivity index (χ1n) is 20.2. The summed E-state index contributed by atoms with van der Waals surface area (Å²) in [7, 11) is 1.54. The number of halogens is 3. The molecular weight excluding hydrogens is 782 g/mol. The third-order valence-corrected chi connectivity index (χ3v) is 11.8. The Hall–Kier alpha value is -5.03. The predicted molar refractivity (Wildman–Crippen MR) is 215 cm³/mol. The summed E-state index contributed by atoms with van der Waals surface area (Å²) in [5.41, 5.74) is 1.11. The van der Waals surface area contributed by atoms with Gasteiger partial charge in [0.25, 0.3) is 0 Å². The van der Waals surface area contributed by atoms with E-state index in [9.17, 15) is 27.9 Å². The van der Waals surface area contributed by atoms with Crippen LogP contribution < -0.4 is 14.8 Å². The molecule has 2 saturated heterocycles. The minimum Gasteiger partial charge on any atom is -0.495 e. The summed E-state index contributed by atoms with van der Waals surface area (Å²) in [4.78, 5) is 43.0. The fraction of sp³-hybridized carbons (Fsp3) is 0.500. The number of oxazole rings is 1. The van der Waals surface area contributed by atoms with Crippen LogP contribution in [-0.2, 0) is 26.3 Å². The number of methoxy groups -OCH3 is 1. The van der Waals surface area contributed by atoms with Gasteiger partial charge in [0, 0.05) is 49.4 Å². The highest BCUT2D eigenvalue weighted by molar-refractivity contribution is 5.82. The lowest BCUT2D eigenvalue weighted by atomic mass is 9.89. The molecule has 0 aliphatic carbocycles. The molecular formula is C44H53F3N6O7. The van der Waals surface area contributed by atoms with E-state index in [4.69, 9.17) is 23.6 Å². The Balaban J connectivity index is 1.12. The van der Waals surface area contributed by atoms with Gasteiger partial charge >= 0.3 is 6.18 Å². The summed E-state index contributed by atoms with van der Waals surface area (Å²) in [6.45, 7) is 8.58. The largest absolute Gasteiger partial charge is 0.495 e. The third-order valence-electron chi connectivity index (χ3n) is 11.8. The number of nitrogens with one attached hydrogen (secondary N) is 1. The zero-order chi connectivity index (χ0) is 43.0. The molecule has 2 N–H and O–H groups in total. The van der Waals surface area contributed by atoms with Crippen molar-refractivity contribution in [2.45, 2.75) is 89.2 Å². The molecule has 0 radical (unpaired) electrons. The maximum Gasteiger partial charge on any atom is 0.405 e. The van der Waals surface area contributed by atoms with Crippen molar-refractivity contribution in [3.05, 3.63) is 95.8 Å². The van der Waals surface area contributed by atoms with Gasteiger partial charge < -0.3 is 34.0 Å². The number of fused-ring (bicyclic) bond motifs is 3. The summed E-state index contributed by atoms with van der Waals surface area (Å²) < 4.78 is 64.3. The van der Waals surface area contributed by atoms with E-state index in [-0.39, 0.29) is 38.6 Å². The van der Waals surface area contributed by atoms with Crippen molar-refractivity contribution in [1.29, 1.82) is 0 Å². The van der Waals surface area contributed by atoms with Gasteiger partial charge in [-0.05, 0) is 65.2 Å². The first-order chi connectivity index (χ1) is 28.4. The molecule has 4 aromatic rings. The van der Waals surface area contributed by atoms with Gasteiger partial charge in [-0.2, -0.15) is 13.2 Å². The molecule has 60 heavy (non-hydrogen) atoms. The van der Waals surface area contributed by atoms with E-state index >= 15 is 0 Å². The Bertz CT molecular complexity index is 2150. The number of alkyl halides is 3. The molecule has 5 atom stereocenters. The van der Waals surface area contributed by atoms with E-state index < -0.39 is 60.1 Å². The van der Waals surface area contributed by atoms with E-state index in [0.29, 0.717) is 47.4 Å². The number of para-hydroxylation sites is 1. The number of ether oxygens (including phenoxy) is 3. The number of amides is 2. The summed E-state index contributed by atoms with van der Waals surface area (Å²) >= 11 is 0. The number of aliphatic hydroxyl groups is 1. The average molecular weight is 835 g/mol. The molecule has 2 amide bonds. The minimum atomic E-state index is -4.63. The van der Waals surface area contributed by atoms with E-state index in [1.165, 1.54) is 7.11 Å². The second kappa shape index (κ2) is 17.1. The number of carbonyl (C=O) groups is 2. The number of aliphatic hydroxyl groups excluding tert-OH is 1. The van der Waals surface area contributed by atoms with Crippen molar-refractivity contribution in [2.24, 2.45) is 5.92 Å². The Labute approximate surface area is 347 Å². The van der Waals surface area contributed by atoms with Crippen LogP contribution in [0, 0.1) is 12.8 Å². The van der Waals surface area contributed by atoms with Gasteiger partial charge in [0.1, 0.15) is 42.5 Å². The summed E-state index contributed by atoms with van der Waals surface area (Å²) in [5.74, 6) is 0.323. The summed E-state index contributed by atoms with van der Waals surface area (Å²) in [6, 6.07) is 17.4. The second-order valence-electron chi connectivity index (χ2n) is 16.8. The predicted octanol–water partition coefficient (Wildman–Crippen LogP) is 5.66. The lowest BCUT2D eigenvalue weighted by Crippen LogP contribution is -2.63. The van der Waals surface area contributed by atoms with Gasteiger partial charge in [-0.15, -0.1) is 0 Å². The second-order valence-corrected chi connectivity index (χ2v) is 16.8. The highest BCUT2D eigenvalue weighted by atomic mass is 19.4. The number of hydrogen-bond acceptors (Lipinski definition) is 11. The van der Waals surface area contributed by atoms with Gasteiger partial charge in [0.15, 0.2) is 5.76 Å². The Morgan fingerprint density at radius 3 is 2.53 bits per heavy atom. The van der Waals surface area contributed by atoms with E-state index in [1.807, 2.05) is 87.2 Å². The molecule has 3 aliphatic rings. The van der Waals surface area contributed by atoms with Crippen LogP contribution in [0.25, 0.3) is 11.3 Å². The zero-order valence-electron chi connectivity index (χ0n) is 34.7.